The van der Waals surface area contributed by atoms with Crippen molar-refractivity contribution in [3.8, 4) is 0 Å². The van der Waals surface area contributed by atoms with Crippen LogP contribution in [0.2, 0.25) is 0 Å². The molecule has 2 nitrogen and oxygen atoms in total. The number of rotatable bonds is 4. The van der Waals surface area contributed by atoms with E-state index in [9.17, 15) is 4.39 Å². The quantitative estimate of drug-likeness (QED) is 0.220. The summed E-state index contributed by atoms with van der Waals surface area (Å²) < 4.78 is 14.3. The predicted octanol–water partition coefficient (Wildman–Crippen LogP) is 9.89. The molecule has 0 saturated carbocycles. The Hall–Kier alpha value is -4.89. The highest BCUT2D eigenvalue weighted by molar-refractivity contribution is 6.28. The largest absolute Gasteiger partial charge is 0.340 e. The summed E-state index contributed by atoms with van der Waals surface area (Å²) in [5.74, 6) is -0.190. The van der Waals surface area contributed by atoms with Crippen LogP contribution in [0.1, 0.15) is 5.56 Å². The highest BCUT2D eigenvalue weighted by Gasteiger charge is 2.24. The van der Waals surface area contributed by atoms with Crippen LogP contribution in [0.4, 0.5) is 32.8 Å². The molecule has 0 bridgehead atoms. The smallest absolute Gasteiger partial charge is 0.125 e. The minimum Gasteiger partial charge on any atom is -0.340 e. The van der Waals surface area contributed by atoms with E-state index in [1.807, 2.05) is 6.07 Å². The SMILES string of the molecule is Fc1ccc2c(c1)N(c1ccc3ccc4c(N(c5ccccc5)c5ccccc5)ccc5ccc1c3c54)CC2. The zero-order valence-corrected chi connectivity index (χ0v) is 21.3. The summed E-state index contributed by atoms with van der Waals surface area (Å²) >= 11 is 0. The number of anilines is 5. The van der Waals surface area contributed by atoms with Crippen LogP contribution in [-0.2, 0) is 6.42 Å². The second kappa shape index (κ2) is 8.57. The van der Waals surface area contributed by atoms with Gasteiger partial charge in [-0.05, 0) is 82.1 Å². The van der Waals surface area contributed by atoms with E-state index >= 15 is 0 Å². The molecule has 0 aromatic heterocycles. The van der Waals surface area contributed by atoms with E-state index in [0.717, 1.165) is 41.4 Å². The molecule has 1 aliphatic rings. The Morgan fingerprint density at radius 2 is 1.18 bits per heavy atom. The third kappa shape index (κ3) is 3.40. The van der Waals surface area contributed by atoms with Gasteiger partial charge in [0.2, 0.25) is 0 Å². The van der Waals surface area contributed by atoms with Crippen molar-refractivity contribution < 1.29 is 4.39 Å². The van der Waals surface area contributed by atoms with E-state index < -0.39 is 0 Å². The predicted molar refractivity (Wildman–Crippen MR) is 162 cm³/mol. The molecule has 0 spiro atoms. The van der Waals surface area contributed by atoms with Crippen LogP contribution in [0, 0.1) is 5.82 Å². The second-order valence-electron chi connectivity index (χ2n) is 10.3. The number of hydrogen-bond acceptors (Lipinski definition) is 2. The zero-order chi connectivity index (χ0) is 25.9. The third-order valence-corrected chi connectivity index (χ3v) is 8.12. The standard InChI is InChI=1S/C36H25FN2/c37-27-16-11-24-21-22-38(34(24)23-27)32-19-14-25-13-18-31-33(20-15-26-12-17-30(32)35(25)36(26)31)39(28-7-3-1-4-8-28)29-9-5-2-6-10-29/h1-20,23H,21-22H2. The summed E-state index contributed by atoms with van der Waals surface area (Å²) in [6, 6.07) is 44.1. The summed E-state index contributed by atoms with van der Waals surface area (Å²) in [5.41, 5.74) is 6.70. The van der Waals surface area contributed by atoms with Gasteiger partial charge in [-0.3, -0.25) is 0 Å². The number of nitrogens with zero attached hydrogens (tertiary/aromatic N) is 2. The number of fused-ring (bicyclic) bond motifs is 1. The van der Waals surface area contributed by atoms with Crippen LogP contribution in [0.5, 0.6) is 0 Å². The average molecular weight is 505 g/mol. The molecule has 0 fully saturated rings. The molecule has 0 amide bonds. The minimum absolute atomic E-state index is 0.190. The lowest BCUT2D eigenvalue weighted by molar-refractivity contribution is 0.628. The first-order chi connectivity index (χ1) is 19.3. The first-order valence-corrected chi connectivity index (χ1v) is 13.4. The van der Waals surface area contributed by atoms with Gasteiger partial charge in [-0.25, -0.2) is 4.39 Å². The maximum absolute atomic E-state index is 14.3. The molecule has 39 heavy (non-hydrogen) atoms. The third-order valence-electron chi connectivity index (χ3n) is 8.12. The van der Waals surface area contributed by atoms with Gasteiger partial charge in [-0.15, -0.1) is 0 Å². The van der Waals surface area contributed by atoms with Gasteiger partial charge in [-0.1, -0.05) is 78.9 Å². The molecule has 7 aromatic rings. The Balaban J connectivity index is 1.40. The summed E-state index contributed by atoms with van der Waals surface area (Å²) in [5, 5.41) is 7.37. The minimum atomic E-state index is -0.190. The van der Waals surface area contributed by atoms with Gasteiger partial charge in [0.05, 0.1) is 5.69 Å². The number of benzene rings is 7. The number of para-hydroxylation sites is 2. The molecule has 0 unspecified atom stereocenters. The molecule has 0 radical (unpaired) electrons. The van der Waals surface area contributed by atoms with Crippen LogP contribution in [0.3, 0.4) is 0 Å². The van der Waals surface area contributed by atoms with Gasteiger partial charge in [0.1, 0.15) is 5.82 Å². The lowest BCUT2D eigenvalue weighted by atomic mass is 9.92. The van der Waals surface area contributed by atoms with Gasteiger partial charge in [0.25, 0.3) is 0 Å². The van der Waals surface area contributed by atoms with Crippen LogP contribution in [0.15, 0.2) is 127 Å². The summed E-state index contributed by atoms with van der Waals surface area (Å²) in [6.45, 7) is 0.851. The Kier molecular flexibility index (Phi) is 4.86. The van der Waals surface area contributed by atoms with E-state index in [0.29, 0.717) is 0 Å². The van der Waals surface area contributed by atoms with Gasteiger partial charge >= 0.3 is 0 Å². The van der Waals surface area contributed by atoms with Crippen molar-refractivity contribution >= 4 is 60.8 Å². The average Bonchev–Trinajstić information content (AvgIpc) is 3.40. The highest BCUT2D eigenvalue weighted by atomic mass is 19.1. The molecule has 0 aliphatic carbocycles. The summed E-state index contributed by atoms with van der Waals surface area (Å²) in [7, 11) is 0. The van der Waals surface area contributed by atoms with Crippen molar-refractivity contribution in [2.45, 2.75) is 6.42 Å². The van der Waals surface area contributed by atoms with Gasteiger partial charge in [0, 0.05) is 40.1 Å². The molecule has 7 aromatic carbocycles. The van der Waals surface area contributed by atoms with Crippen LogP contribution in [-0.4, -0.2) is 6.54 Å². The number of hydrogen-bond donors (Lipinski definition) is 0. The van der Waals surface area contributed by atoms with Crippen LogP contribution >= 0.6 is 0 Å². The van der Waals surface area contributed by atoms with Crippen molar-refractivity contribution in [1.82, 2.24) is 0 Å². The van der Waals surface area contributed by atoms with Crippen molar-refractivity contribution in [2.75, 3.05) is 16.3 Å². The first kappa shape index (κ1) is 22.1. The lowest BCUT2D eigenvalue weighted by Gasteiger charge is -2.28. The molecule has 186 valence electrons. The lowest BCUT2D eigenvalue weighted by Crippen LogP contribution is -2.14. The van der Waals surface area contributed by atoms with Crippen molar-refractivity contribution in [2.24, 2.45) is 0 Å². The molecular formula is C36H25FN2. The molecule has 1 aliphatic heterocycles. The topological polar surface area (TPSA) is 6.48 Å². The summed E-state index contributed by atoms with van der Waals surface area (Å²) in [4.78, 5) is 4.62. The van der Waals surface area contributed by atoms with Gasteiger partial charge < -0.3 is 9.80 Å². The first-order valence-electron chi connectivity index (χ1n) is 13.4. The Morgan fingerprint density at radius 3 is 1.90 bits per heavy atom. The Labute approximate surface area is 226 Å². The van der Waals surface area contributed by atoms with Crippen molar-refractivity contribution in [3.05, 3.63) is 139 Å². The zero-order valence-electron chi connectivity index (χ0n) is 21.3. The van der Waals surface area contributed by atoms with Crippen molar-refractivity contribution in [3.63, 3.8) is 0 Å². The fourth-order valence-corrected chi connectivity index (χ4v) is 6.38. The van der Waals surface area contributed by atoms with E-state index in [-0.39, 0.29) is 5.82 Å². The molecule has 8 rings (SSSR count). The molecule has 0 N–H and O–H groups in total. The highest BCUT2D eigenvalue weighted by Crippen LogP contribution is 2.46. The second-order valence-corrected chi connectivity index (χ2v) is 10.3. The Morgan fingerprint density at radius 1 is 0.564 bits per heavy atom. The molecule has 1 heterocycles. The Bertz CT molecular complexity index is 1940. The fourth-order valence-electron chi connectivity index (χ4n) is 6.38. The molecule has 3 heteroatoms. The van der Waals surface area contributed by atoms with Crippen LogP contribution < -0.4 is 9.80 Å². The monoisotopic (exact) mass is 504 g/mol. The van der Waals surface area contributed by atoms with E-state index in [2.05, 4.69) is 119 Å². The maximum Gasteiger partial charge on any atom is 0.125 e. The van der Waals surface area contributed by atoms with E-state index in [1.165, 1.54) is 37.9 Å². The maximum atomic E-state index is 14.3. The van der Waals surface area contributed by atoms with Gasteiger partial charge in [-0.2, -0.15) is 0 Å². The van der Waals surface area contributed by atoms with Crippen LogP contribution in [0.25, 0.3) is 32.3 Å². The van der Waals surface area contributed by atoms with Gasteiger partial charge in [0.15, 0.2) is 0 Å². The molecule has 0 atom stereocenters. The fraction of sp³-hybridized carbons (Fsp3) is 0.0556. The van der Waals surface area contributed by atoms with E-state index in [4.69, 9.17) is 0 Å². The number of halogens is 1. The molecule has 0 saturated heterocycles. The van der Waals surface area contributed by atoms with E-state index in [1.54, 1.807) is 12.1 Å². The molecular weight excluding hydrogens is 479 g/mol. The van der Waals surface area contributed by atoms with Crippen molar-refractivity contribution in [1.29, 1.82) is 0 Å². The summed E-state index contributed by atoms with van der Waals surface area (Å²) in [6.07, 6.45) is 0.921. The normalized spacial score (nSPS) is 13.0.